The van der Waals surface area contributed by atoms with E-state index in [1.165, 1.54) is 0 Å². The second-order valence-corrected chi connectivity index (χ2v) is 4.60. The molecule has 0 saturated heterocycles. The second kappa shape index (κ2) is 7.34. The number of nitriles is 1. The van der Waals surface area contributed by atoms with Crippen LogP contribution in [0.1, 0.15) is 17.1 Å². The maximum absolute atomic E-state index is 8.59. The van der Waals surface area contributed by atoms with Gasteiger partial charge in [-0.2, -0.15) is 5.26 Å². The molecule has 0 unspecified atom stereocenters. The summed E-state index contributed by atoms with van der Waals surface area (Å²) in [4.78, 5) is 6.62. The molecule has 0 N–H and O–H groups in total. The van der Waals surface area contributed by atoms with Gasteiger partial charge >= 0.3 is 0 Å². The molecule has 0 amide bonds. The highest BCUT2D eigenvalue weighted by Crippen LogP contribution is 2.10. The molecular formula is C11H17N3OS. The summed E-state index contributed by atoms with van der Waals surface area (Å²) in [7, 11) is 1.69. The molecule has 1 rings (SSSR count). The highest BCUT2D eigenvalue weighted by Gasteiger charge is 2.07. The lowest BCUT2D eigenvalue weighted by atomic mass is 10.3. The molecule has 88 valence electrons. The maximum atomic E-state index is 8.59. The Bertz CT molecular complexity index is 345. The minimum absolute atomic E-state index is 0.548. The van der Waals surface area contributed by atoms with Crippen molar-refractivity contribution in [3.05, 3.63) is 16.1 Å². The minimum Gasteiger partial charge on any atom is -0.383 e. The first-order valence-electron chi connectivity index (χ1n) is 5.25. The van der Waals surface area contributed by atoms with Crippen LogP contribution in [0.25, 0.3) is 0 Å². The molecule has 0 saturated carbocycles. The Hall–Kier alpha value is -0.960. The third-order valence-corrected chi connectivity index (χ3v) is 3.03. The summed E-state index contributed by atoms with van der Waals surface area (Å²) in [5, 5.41) is 11.7. The number of hydrogen-bond acceptors (Lipinski definition) is 5. The SMILES string of the molecule is COCCN(CCC#N)Cc1csc(C)n1. The van der Waals surface area contributed by atoms with Crippen LogP contribution in [0.15, 0.2) is 5.38 Å². The molecule has 1 aromatic rings. The van der Waals surface area contributed by atoms with Crippen molar-refractivity contribution in [3.8, 4) is 6.07 Å². The van der Waals surface area contributed by atoms with Crippen LogP contribution in [0.4, 0.5) is 0 Å². The van der Waals surface area contributed by atoms with Crippen molar-refractivity contribution >= 4 is 11.3 Å². The van der Waals surface area contributed by atoms with Gasteiger partial charge in [0.2, 0.25) is 0 Å². The van der Waals surface area contributed by atoms with Gasteiger partial charge in [-0.1, -0.05) is 0 Å². The highest BCUT2D eigenvalue weighted by atomic mass is 32.1. The zero-order valence-corrected chi connectivity index (χ0v) is 10.6. The standard InChI is InChI=1S/C11H17N3OS/c1-10-13-11(9-16-10)8-14(5-3-4-12)6-7-15-2/h9H,3,5-8H2,1-2H3. The second-order valence-electron chi connectivity index (χ2n) is 3.53. The normalized spacial score (nSPS) is 10.6. The lowest BCUT2D eigenvalue weighted by Gasteiger charge is -2.19. The van der Waals surface area contributed by atoms with E-state index in [0.717, 1.165) is 30.3 Å². The van der Waals surface area contributed by atoms with E-state index >= 15 is 0 Å². The first-order valence-corrected chi connectivity index (χ1v) is 6.13. The van der Waals surface area contributed by atoms with Gasteiger partial charge in [-0.25, -0.2) is 4.98 Å². The zero-order valence-electron chi connectivity index (χ0n) is 9.77. The first-order chi connectivity index (χ1) is 7.76. The van der Waals surface area contributed by atoms with Crippen LogP contribution in [0.2, 0.25) is 0 Å². The molecule has 0 radical (unpaired) electrons. The zero-order chi connectivity index (χ0) is 11.8. The Morgan fingerprint density at radius 2 is 2.38 bits per heavy atom. The van der Waals surface area contributed by atoms with Gasteiger partial charge in [-0.15, -0.1) is 11.3 Å². The van der Waals surface area contributed by atoms with Crippen LogP contribution >= 0.6 is 11.3 Å². The van der Waals surface area contributed by atoms with Gasteiger partial charge in [0.1, 0.15) is 0 Å². The fraction of sp³-hybridized carbons (Fsp3) is 0.636. The third kappa shape index (κ3) is 4.71. The van der Waals surface area contributed by atoms with Gasteiger partial charge < -0.3 is 4.74 Å². The number of ether oxygens (including phenoxy) is 1. The molecule has 0 aliphatic heterocycles. The lowest BCUT2D eigenvalue weighted by molar-refractivity contribution is 0.145. The fourth-order valence-corrected chi connectivity index (χ4v) is 2.01. The molecular weight excluding hydrogens is 222 g/mol. The van der Waals surface area contributed by atoms with E-state index in [9.17, 15) is 0 Å². The lowest BCUT2D eigenvalue weighted by Crippen LogP contribution is -2.28. The van der Waals surface area contributed by atoms with Crippen molar-refractivity contribution in [3.63, 3.8) is 0 Å². The Balaban J connectivity index is 2.45. The molecule has 0 bridgehead atoms. The van der Waals surface area contributed by atoms with Crippen LogP contribution in [-0.4, -0.2) is 36.7 Å². The van der Waals surface area contributed by atoms with Gasteiger partial charge in [0.15, 0.2) is 0 Å². The number of methoxy groups -OCH3 is 1. The summed E-state index contributed by atoms with van der Waals surface area (Å²) in [5.41, 5.74) is 1.08. The van der Waals surface area contributed by atoms with Crippen molar-refractivity contribution < 1.29 is 4.74 Å². The molecule has 1 aromatic heterocycles. The number of hydrogen-bond donors (Lipinski definition) is 0. The predicted molar refractivity (Wildman–Crippen MR) is 64.2 cm³/mol. The minimum atomic E-state index is 0.548. The molecule has 0 aromatic carbocycles. The Labute approximate surface area is 100 Å². The van der Waals surface area contributed by atoms with Crippen molar-refractivity contribution in [2.75, 3.05) is 26.8 Å². The molecule has 1 heterocycles. The largest absolute Gasteiger partial charge is 0.383 e. The van der Waals surface area contributed by atoms with Gasteiger partial charge in [0.05, 0.1) is 23.4 Å². The van der Waals surface area contributed by atoms with Crippen LogP contribution in [0.5, 0.6) is 0 Å². The number of rotatable bonds is 7. The summed E-state index contributed by atoms with van der Waals surface area (Å²) < 4.78 is 5.05. The van der Waals surface area contributed by atoms with Crippen molar-refractivity contribution in [2.45, 2.75) is 19.9 Å². The number of thiazole rings is 1. The van der Waals surface area contributed by atoms with Crippen LogP contribution in [-0.2, 0) is 11.3 Å². The van der Waals surface area contributed by atoms with E-state index in [2.05, 4.69) is 21.3 Å². The van der Waals surface area contributed by atoms with E-state index < -0.39 is 0 Å². The van der Waals surface area contributed by atoms with E-state index in [0.29, 0.717) is 13.0 Å². The molecule has 0 spiro atoms. The van der Waals surface area contributed by atoms with Crippen molar-refractivity contribution in [2.24, 2.45) is 0 Å². The smallest absolute Gasteiger partial charge is 0.0897 e. The molecule has 4 nitrogen and oxygen atoms in total. The summed E-state index contributed by atoms with van der Waals surface area (Å²) in [6, 6.07) is 2.17. The maximum Gasteiger partial charge on any atom is 0.0897 e. The van der Waals surface area contributed by atoms with E-state index in [1.54, 1.807) is 18.4 Å². The van der Waals surface area contributed by atoms with Crippen LogP contribution < -0.4 is 0 Å². The van der Waals surface area contributed by atoms with Crippen LogP contribution in [0.3, 0.4) is 0 Å². The quantitative estimate of drug-likeness (QED) is 0.728. The summed E-state index contributed by atoms with van der Waals surface area (Å²) in [6.07, 6.45) is 0.548. The van der Waals surface area contributed by atoms with E-state index in [-0.39, 0.29) is 0 Å². The molecule has 0 atom stereocenters. The van der Waals surface area contributed by atoms with Gasteiger partial charge in [0.25, 0.3) is 0 Å². The average molecular weight is 239 g/mol. The monoisotopic (exact) mass is 239 g/mol. The highest BCUT2D eigenvalue weighted by molar-refractivity contribution is 7.09. The predicted octanol–water partition coefficient (Wildman–Crippen LogP) is 1.81. The summed E-state index contributed by atoms with van der Waals surface area (Å²) >= 11 is 1.66. The van der Waals surface area contributed by atoms with Crippen molar-refractivity contribution in [1.82, 2.24) is 9.88 Å². The average Bonchev–Trinajstić information content (AvgIpc) is 2.68. The Morgan fingerprint density at radius 3 is 2.94 bits per heavy atom. The first kappa shape index (κ1) is 13.1. The number of aromatic nitrogens is 1. The molecule has 5 heteroatoms. The van der Waals surface area contributed by atoms with Gasteiger partial charge in [-0.3, -0.25) is 4.90 Å². The van der Waals surface area contributed by atoms with E-state index in [1.807, 2.05) is 6.92 Å². The molecule has 0 aliphatic rings. The van der Waals surface area contributed by atoms with E-state index in [4.69, 9.17) is 10.00 Å². The number of nitrogens with zero attached hydrogens (tertiary/aromatic N) is 3. The topological polar surface area (TPSA) is 49.1 Å². The summed E-state index contributed by atoms with van der Waals surface area (Å²) in [5.74, 6) is 0. The van der Waals surface area contributed by atoms with Crippen LogP contribution in [0, 0.1) is 18.3 Å². The Kier molecular flexibility index (Phi) is 6.01. The number of aryl methyl sites for hydroxylation is 1. The molecule has 16 heavy (non-hydrogen) atoms. The summed E-state index contributed by atoms with van der Waals surface area (Å²) in [6.45, 7) is 5.11. The third-order valence-electron chi connectivity index (χ3n) is 2.20. The fourth-order valence-electron chi connectivity index (χ4n) is 1.41. The van der Waals surface area contributed by atoms with Crippen molar-refractivity contribution in [1.29, 1.82) is 5.26 Å². The Morgan fingerprint density at radius 1 is 1.56 bits per heavy atom. The molecule has 0 aliphatic carbocycles. The molecule has 0 fully saturated rings. The van der Waals surface area contributed by atoms with Gasteiger partial charge in [0, 0.05) is 38.5 Å². The van der Waals surface area contributed by atoms with Gasteiger partial charge in [-0.05, 0) is 6.92 Å².